The number of rotatable bonds is 5. The smallest absolute Gasteiger partial charge is 0.243 e. The fourth-order valence-electron chi connectivity index (χ4n) is 1.61. The molecule has 1 aromatic heterocycles. The lowest BCUT2D eigenvalue weighted by Crippen LogP contribution is -2.37. The highest BCUT2D eigenvalue weighted by Gasteiger charge is 2.15. The zero-order valence-corrected chi connectivity index (χ0v) is 11.5. The molecule has 0 radical (unpaired) electrons. The number of hydrogen-bond acceptors (Lipinski definition) is 5. The number of amides is 1. The molecule has 0 bridgehead atoms. The van der Waals surface area contributed by atoms with Crippen LogP contribution in [0, 0.1) is 0 Å². The summed E-state index contributed by atoms with van der Waals surface area (Å²) >= 11 is 1.38. The summed E-state index contributed by atoms with van der Waals surface area (Å²) in [7, 11) is 0. The largest absolute Gasteiger partial charge is 0.320 e. The van der Waals surface area contributed by atoms with Gasteiger partial charge in [-0.3, -0.25) is 10.1 Å². The molecular formula is C13H16N4OS. The standard InChI is InChI=1S/C13H16N4OS/c1-2-11-16-17-13(19-11)15-12(18)10(14)8-9-6-4-3-5-7-9/h3-7,10H,2,8,14H2,1H3,(H,15,17,18). The molecule has 1 aromatic carbocycles. The average molecular weight is 276 g/mol. The Hall–Kier alpha value is -1.79. The van der Waals surface area contributed by atoms with E-state index in [1.165, 1.54) is 11.3 Å². The lowest BCUT2D eigenvalue weighted by molar-refractivity contribution is -0.117. The average Bonchev–Trinajstić information content (AvgIpc) is 2.87. The molecule has 3 N–H and O–H groups in total. The first-order valence-corrected chi connectivity index (χ1v) is 6.93. The number of aromatic nitrogens is 2. The molecule has 0 aliphatic rings. The molecule has 0 spiro atoms. The predicted octanol–water partition coefficient (Wildman–Crippen LogP) is 1.61. The molecule has 1 atom stereocenters. The highest BCUT2D eigenvalue weighted by Crippen LogP contribution is 2.15. The first kappa shape index (κ1) is 13.6. The summed E-state index contributed by atoms with van der Waals surface area (Å²) in [6.07, 6.45) is 1.32. The van der Waals surface area contributed by atoms with Crippen LogP contribution in [0.25, 0.3) is 0 Å². The van der Waals surface area contributed by atoms with Gasteiger partial charge < -0.3 is 5.73 Å². The predicted molar refractivity (Wildman–Crippen MR) is 76.0 cm³/mol. The molecule has 5 nitrogen and oxygen atoms in total. The van der Waals surface area contributed by atoms with Gasteiger partial charge in [0.05, 0.1) is 6.04 Å². The third kappa shape index (κ3) is 3.84. The van der Waals surface area contributed by atoms with Gasteiger partial charge in [-0.2, -0.15) is 0 Å². The van der Waals surface area contributed by atoms with Crippen LogP contribution in [0.3, 0.4) is 0 Å². The lowest BCUT2D eigenvalue weighted by atomic mass is 10.1. The van der Waals surface area contributed by atoms with Crippen molar-refractivity contribution in [2.75, 3.05) is 5.32 Å². The van der Waals surface area contributed by atoms with E-state index in [2.05, 4.69) is 15.5 Å². The van der Waals surface area contributed by atoms with Crippen molar-refractivity contribution in [3.05, 3.63) is 40.9 Å². The minimum atomic E-state index is -0.587. The summed E-state index contributed by atoms with van der Waals surface area (Å²) in [6, 6.07) is 9.11. The third-order valence-electron chi connectivity index (χ3n) is 2.63. The molecule has 6 heteroatoms. The first-order valence-electron chi connectivity index (χ1n) is 6.11. The van der Waals surface area contributed by atoms with Crippen molar-refractivity contribution in [3.63, 3.8) is 0 Å². The van der Waals surface area contributed by atoms with Gasteiger partial charge >= 0.3 is 0 Å². The Kier molecular flexibility index (Phi) is 4.59. The molecule has 19 heavy (non-hydrogen) atoms. The fourth-order valence-corrected chi connectivity index (χ4v) is 2.29. The Labute approximate surface area is 115 Å². The number of aryl methyl sites for hydroxylation is 1. The molecule has 0 aliphatic carbocycles. The van der Waals surface area contributed by atoms with Crippen molar-refractivity contribution < 1.29 is 4.79 Å². The second-order valence-electron chi connectivity index (χ2n) is 4.14. The van der Waals surface area contributed by atoms with Gasteiger partial charge in [-0.25, -0.2) is 0 Å². The van der Waals surface area contributed by atoms with Crippen LogP contribution in [-0.2, 0) is 17.6 Å². The Morgan fingerprint density at radius 2 is 2.11 bits per heavy atom. The summed E-state index contributed by atoms with van der Waals surface area (Å²) < 4.78 is 0. The van der Waals surface area contributed by atoms with Gasteiger partial charge in [0, 0.05) is 0 Å². The van der Waals surface area contributed by atoms with Gasteiger partial charge in [-0.1, -0.05) is 48.6 Å². The molecule has 2 aromatic rings. The normalized spacial score (nSPS) is 12.1. The molecule has 0 saturated heterocycles. The van der Waals surface area contributed by atoms with Gasteiger partial charge in [0.25, 0.3) is 0 Å². The zero-order chi connectivity index (χ0) is 13.7. The topological polar surface area (TPSA) is 80.9 Å². The van der Waals surface area contributed by atoms with E-state index >= 15 is 0 Å². The molecule has 1 heterocycles. The van der Waals surface area contributed by atoms with Gasteiger partial charge in [0.1, 0.15) is 5.01 Å². The number of carbonyl (C=O) groups is 1. The van der Waals surface area contributed by atoms with Crippen LogP contribution in [0.4, 0.5) is 5.13 Å². The van der Waals surface area contributed by atoms with Crippen molar-refractivity contribution in [3.8, 4) is 0 Å². The second-order valence-corrected chi connectivity index (χ2v) is 5.20. The molecule has 1 unspecified atom stereocenters. The maximum absolute atomic E-state index is 11.9. The molecule has 0 fully saturated rings. The Balaban J connectivity index is 1.92. The maximum atomic E-state index is 11.9. The van der Waals surface area contributed by atoms with Gasteiger partial charge in [0.15, 0.2) is 0 Å². The van der Waals surface area contributed by atoms with Gasteiger partial charge in [-0.15, -0.1) is 10.2 Å². The molecule has 100 valence electrons. The van der Waals surface area contributed by atoms with E-state index in [0.29, 0.717) is 11.6 Å². The zero-order valence-electron chi connectivity index (χ0n) is 10.7. The number of hydrogen-bond donors (Lipinski definition) is 2. The molecule has 0 saturated carbocycles. The fraction of sp³-hybridized carbons (Fsp3) is 0.308. The Bertz CT molecular complexity index is 541. The number of anilines is 1. The quantitative estimate of drug-likeness (QED) is 0.869. The monoisotopic (exact) mass is 276 g/mol. The van der Waals surface area contributed by atoms with E-state index in [1.807, 2.05) is 37.3 Å². The molecule has 0 aliphatic heterocycles. The van der Waals surface area contributed by atoms with E-state index < -0.39 is 6.04 Å². The van der Waals surface area contributed by atoms with Crippen LogP contribution in [0.15, 0.2) is 30.3 Å². The summed E-state index contributed by atoms with van der Waals surface area (Å²) in [5.74, 6) is -0.234. The number of nitrogens with two attached hydrogens (primary N) is 1. The maximum Gasteiger partial charge on any atom is 0.243 e. The van der Waals surface area contributed by atoms with Crippen molar-refractivity contribution in [2.45, 2.75) is 25.8 Å². The highest BCUT2D eigenvalue weighted by atomic mass is 32.1. The van der Waals surface area contributed by atoms with E-state index in [1.54, 1.807) is 0 Å². The van der Waals surface area contributed by atoms with Gasteiger partial charge in [-0.05, 0) is 18.4 Å². The number of carbonyl (C=O) groups excluding carboxylic acids is 1. The molecule has 1 amide bonds. The minimum absolute atomic E-state index is 0.234. The number of benzene rings is 1. The number of nitrogens with zero attached hydrogens (tertiary/aromatic N) is 2. The summed E-state index contributed by atoms with van der Waals surface area (Å²) in [6.45, 7) is 1.99. The highest BCUT2D eigenvalue weighted by molar-refractivity contribution is 7.15. The first-order chi connectivity index (χ1) is 9.19. The number of nitrogens with one attached hydrogen (secondary N) is 1. The summed E-state index contributed by atoms with van der Waals surface area (Å²) in [5.41, 5.74) is 6.92. The van der Waals surface area contributed by atoms with Crippen molar-refractivity contribution in [1.29, 1.82) is 0 Å². The Morgan fingerprint density at radius 3 is 2.74 bits per heavy atom. The SMILES string of the molecule is CCc1nnc(NC(=O)C(N)Cc2ccccc2)s1. The Morgan fingerprint density at radius 1 is 1.37 bits per heavy atom. The summed E-state index contributed by atoms with van der Waals surface area (Å²) in [5, 5.41) is 11.9. The van der Waals surface area contributed by atoms with Crippen LogP contribution >= 0.6 is 11.3 Å². The van der Waals surface area contributed by atoms with E-state index in [4.69, 9.17) is 5.73 Å². The van der Waals surface area contributed by atoms with Crippen LogP contribution in [0.1, 0.15) is 17.5 Å². The van der Waals surface area contributed by atoms with E-state index in [9.17, 15) is 4.79 Å². The van der Waals surface area contributed by atoms with Crippen LogP contribution in [-0.4, -0.2) is 22.1 Å². The molecular weight excluding hydrogens is 260 g/mol. The van der Waals surface area contributed by atoms with Crippen molar-refractivity contribution in [1.82, 2.24) is 10.2 Å². The summed E-state index contributed by atoms with van der Waals surface area (Å²) in [4.78, 5) is 11.9. The van der Waals surface area contributed by atoms with Gasteiger partial charge in [0.2, 0.25) is 11.0 Å². The lowest BCUT2D eigenvalue weighted by Gasteiger charge is -2.10. The van der Waals surface area contributed by atoms with Crippen molar-refractivity contribution in [2.24, 2.45) is 5.73 Å². The van der Waals surface area contributed by atoms with E-state index in [-0.39, 0.29) is 5.91 Å². The van der Waals surface area contributed by atoms with Crippen LogP contribution < -0.4 is 11.1 Å². The minimum Gasteiger partial charge on any atom is -0.320 e. The van der Waals surface area contributed by atoms with Crippen LogP contribution in [0.5, 0.6) is 0 Å². The van der Waals surface area contributed by atoms with Crippen molar-refractivity contribution >= 4 is 22.4 Å². The molecule has 2 rings (SSSR count). The second kappa shape index (κ2) is 6.40. The third-order valence-corrected chi connectivity index (χ3v) is 3.62. The van der Waals surface area contributed by atoms with E-state index in [0.717, 1.165) is 17.0 Å². The van der Waals surface area contributed by atoms with Crippen LogP contribution in [0.2, 0.25) is 0 Å².